The maximum Gasteiger partial charge on any atom is 0.296 e. The average molecular weight is 401 g/mol. The van der Waals surface area contributed by atoms with Crippen LogP contribution in [0.4, 0.5) is 8.78 Å². The summed E-state index contributed by atoms with van der Waals surface area (Å²) < 4.78 is 52.3. The minimum Gasteiger partial charge on any atom is -0.294 e. The van der Waals surface area contributed by atoms with Gasteiger partial charge >= 0.3 is 0 Å². The van der Waals surface area contributed by atoms with Gasteiger partial charge in [-0.2, -0.15) is 0 Å². The molecule has 2 aromatic rings. The third-order valence-electron chi connectivity index (χ3n) is 2.63. The molecule has 1 aromatic heterocycles. The lowest BCUT2D eigenvalue weighted by Gasteiger charge is -2.13. The molecule has 0 amide bonds. The molecular formula is C11H9BrClF2N3O2S. The van der Waals surface area contributed by atoms with E-state index in [0.29, 0.717) is 0 Å². The Kier molecular flexibility index (Phi) is 4.36. The van der Waals surface area contributed by atoms with Crippen molar-refractivity contribution in [3.8, 4) is 11.4 Å². The number of hydrogen-bond acceptors (Lipinski definition) is 4. The quantitative estimate of drug-likeness (QED) is 0.740. The minimum absolute atomic E-state index is 0.210. The molecule has 5 nitrogen and oxygen atoms in total. The Morgan fingerprint density at radius 2 is 1.76 bits per heavy atom. The Balaban J connectivity index is 2.81. The number of rotatable bonds is 3. The van der Waals surface area contributed by atoms with Gasteiger partial charge in [-0.3, -0.25) is 4.57 Å². The molecule has 2 rings (SSSR count). The Labute approximate surface area is 132 Å². The molecule has 0 aliphatic carbocycles. The second kappa shape index (κ2) is 5.62. The largest absolute Gasteiger partial charge is 0.296 e. The van der Waals surface area contributed by atoms with E-state index in [-0.39, 0.29) is 10.3 Å². The Morgan fingerprint density at radius 3 is 2.19 bits per heavy atom. The maximum absolute atomic E-state index is 14.0. The first-order chi connectivity index (χ1) is 9.62. The van der Waals surface area contributed by atoms with Crippen LogP contribution in [0.15, 0.2) is 21.8 Å². The second-order valence-electron chi connectivity index (χ2n) is 4.45. The fourth-order valence-electron chi connectivity index (χ4n) is 1.84. The van der Waals surface area contributed by atoms with E-state index in [9.17, 15) is 17.2 Å². The van der Waals surface area contributed by atoms with Gasteiger partial charge < -0.3 is 0 Å². The molecule has 10 heteroatoms. The molecule has 0 N–H and O–H groups in total. The van der Waals surface area contributed by atoms with E-state index in [4.69, 9.17) is 10.7 Å². The molecule has 0 aliphatic rings. The van der Waals surface area contributed by atoms with Gasteiger partial charge in [-0.05, 0) is 26.0 Å². The van der Waals surface area contributed by atoms with Crippen molar-refractivity contribution in [2.24, 2.45) is 0 Å². The summed E-state index contributed by atoms with van der Waals surface area (Å²) >= 11 is 2.96. The highest BCUT2D eigenvalue weighted by Gasteiger charge is 2.28. The first kappa shape index (κ1) is 16.3. The van der Waals surface area contributed by atoms with Crippen molar-refractivity contribution in [3.05, 3.63) is 28.2 Å². The van der Waals surface area contributed by atoms with Crippen LogP contribution in [0, 0.1) is 11.6 Å². The molecule has 114 valence electrons. The molecule has 0 bridgehead atoms. The first-order valence-corrected chi connectivity index (χ1v) is 8.77. The van der Waals surface area contributed by atoms with Gasteiger partial charge in [-0.15, -0.1) is 10.2 Å². The van der Waals surface area contributed by atoms with Crippen molar-refractivity contribution in [1.29, 1.82) is 0 Å². The zero-order valence-electron chi connectivity index (χ0n) is 10.8. The summed E-state index contributed by atoms with van der Waals surface area (Å²) in [5.74, 6) is -2.03. The van der Waals surface area contributed by atoms with E-state index in [1.807, 2.05) is 0 Å². The summed E-state index contributed by atoms with van der Waals surface area (Å²) in [5.41, 5.74) is -0.467. The number of hydrogen-bond donors (Lipinski definition) is 0. The summed E-state index contributed by atoms with van der Waals surface area (Å²) in [6, 6.07) is 1.63. The van der Waals surface area contributed by atoms with Crippen LogP contribution < -0.4 is 0 Å². The van der Waals surface area contributed by atoms with Gasteiger partial charge in [0.25, 0.3) is 14.2 Å². The van der Waals surface area contributed by atoms with Gasteiger partial charge in [0.05, 0.1) is 5.56 Å². The standard InChI is InChI=1S/C11H9BrClF2N3O2S/c1-5(2)18-10(16-17-11(18)21(13,19)20)9-7(14)3-6(12)4-8(9)15/h3-5H,1-2H3. The molecule has 0 unspecified atom stereocenters. The van der Waals surface area contributed by atoms with E-state index < -0.39 is 37.4 Å². The van der Waals surface area contributed by atoms with Crippen molar-refractivity contribution < 1.29 is 17.2 Å². The zero-order valence-corrected chi connectivity index (χ0v) is 14.0. The van der Waals surface area contributed by atoms with Crippen molar-refractivity contribution in [3.63, 3.8) is 0 Å². The molecule has 1 aromatic carbocycles. The summed E-state index contributed by atoms with van der Waals surface area (Å²) in [6.45, 7) is 3.24. The fraction of sp³-hybridized carbons (Fsp3) is 0.273. The summed E-state index contributed by atoms with van der Waals surface area (Å²) in [6.07, 6.45) is 0. The number of halogens is 4. The Hall–Kier alpha value is -1.06. The molecular weight excluding hydrogens is 392 g/mol. The molecule has 0 aliphatic heterocycles. The van der Waals surface area contributed by atoms with E-state index in [1.165, 1.54) is 0 Å². The summed E-state index contributed by atoms with van der Waals surface area (Å²) in [4.78, 5) is 0. The monoisotopic (exact) mass is 399 g/mol. The molecule has 0 saturated carbocycles. The molecule has 0 saturated heterocycles. The van der Waals surface area contributed by atoms with Crippen LogP contribution in [-0.4, -0.2) is 23.2 Å². The number of aromatic nitrogens is 3. The van der Waals surface area contributed by atoms with Gasteiger partial charge in [-0.25, -0.2) is 17.2 Å². The number of nitrogens with zero attached hydrogens (tertiary/aromatic N) is 3. The molecule has 21 heavy (non-hydrogen) atoms. The van der Waals surface area contributed by atoms with Gasteiger partial charge in [0.2, 0.25) is 0 Å². The van der Waals surface area contributed by atoms with Crippen LogP contribution in [0.1, 0.15) is 19.9 Å². The van der Waals surface area contributed by atoms with Crippen LogP contribution in [0.3, 0.4) is 0 Å². The van der Waals surface area contributed by atoms with Gasteiger partial charge in [0.15, 0.2) is 5.82 Å². The zero-order chi connectivity index (χ0) is 15.9. The second-order valence-corrected chi connectivity index (χ2v) is 7.83. The Morgan fingerprint density at radius 1 is 1.24 bits per heavy atom. The highest BCUT2D eigenvalue weighted by atomic mass is 79.9. The third kappa shape index (κ3) is 3.09. The van der Waals surface area contributed by atoms with Crippen LogP contribution in [0.25, 0.3) is 11.4 Å². The van der Waals surface area contributed by atoms with Crippen LogP contribution >= 0.6 is 26.6 Å². The predicted octanol–water partition coefficient (Wildman–Crippen LogP) is 3.49. The molecule has 0 fully saturated rings. The minimum atomic E-state index is -4.19. The Bertz CT molecular complexity index is 785. The maximum atomic E-state index is 14.0. The van der Waals surface area contributed by atoms with E-state index >= 15 is 0 Å². The third-order valence-corrected chi connectivity index (χ3v) is 4.22. The van der Waals surface area contributed by atoms with Crippen molar-refractivity contribution in [1.82, 2.24) is 14.8 Å². The molecule has 0 atom stereocenters. The van der Waals surface area contributed by atoms with Crippen LogP contribution in [0.2, 0.25) is 0 Å². The highest BCUT2D eigenvalue weighted by molar-refractivity contribution is 9.10. The van der Waals surface area contributed by atoms with Gasteiger partial charge in [0, 0.05) is 21.2 Å². The van der Waals surface area contributed by atoms with E-state index in [0.717, 1.165) is 16.7 Å². The lowest BCUT2D eigenvalue weighted by Crippen LogP contribution is -2.11. The van der Waals surface area contributed by atoms with Crippen LogP contribution in [-0.2, 0) is 9.05 Å². The average Bonchev–Trinajstić information content (AvgIpc) is 2.71. The SMILES string of the molecule is CC(C)n1c(-c2c(F)cc(Br)cc2F)nnc1S(=O)(=O)Cl. The van der Waals surface area contributed by atoms with Gasteiger partial charge in [0.1, 0.15) is 11.6 Å². The van der Waals surface area contributed by atoms with Crippen LogP contribution in [0.5, 0.6) is 0 Å². The smallest absolute Gasteiger partial charge is 0.294 e. The highest BCUT2D eigenvalue weighted by Crippen LogP contribution is 2.31. The molecule has 1 heterocycles. The van der Waals surface area contributed by atoms with Crippen molar-refractivity contribution >= 4 is 35.7 Å². The van der Waals surface area contributed by atoms with E-state index in [1.54, 1.807) is 13.8 Å². The first-order valence-electron chi connectivity index (χ1n) is 5.67. The van der Waals surface area contributed by atoms with E-state index in [2.05, 4.69) is 26.1 Å². The number of benzene rings is 1. The normalized spacial score (nSPS) is 12.1. The van der Waals surface area contributed by atoms with Crippen molar-refractivity contribution in [2.75, 3.05) is 0 Å². The summed E-state index contributed by atoms with van der Waals surface area (Å²) in [5, 5.41) is 6.46. The lowest BCUT2D eigenvalue weighted by atomic mass is 10.1. The molecule has 0 spiro atoms. The fourth-order valence-corrected chi connectivity index (χ4v) is 3.22. The van der Waals surface area contributed by atoms with Gasteiger partial charge in [-0.1, -0.05) is 15.9 Å². The molecule has 0 radical (unpaired) electrons. The lowest BCUT2D eigenvalue weighted by molar-refractivity contribution is 0.524. The summed E-state index contributed by atoms with van der Waals surface area (Å²) in [7, 11) is 1.08. The topological polar surface area (TPSA) is 64.8 Å². The van der Waals surface area contributed by atoms with Crippen molar-refractivity contribution in [2.45, 2.75) is 25.0 Å². The predicted molar refractivity (Wildman–Crippen MR) is 76.5 cm³/mol.